The lowest BCUT2D eigenvalue weighted by Crippen LogP contribution is -2.50. The summed E-state index contributed by atoms with van der Waals surface area (Å²) in [4.78, 5) is 0. The second kappa shape index (κ2) is 5.10. The van der Waals surface area contributed by atoms with Gasteiger partial charge in [-0.1, -0.05) is 6.42 Å². The van der Waals surface area contributed by atoms with E-state index in [1.54, 1.807) is 0 Å². The van der Waals surface area contributed by atoms with E-state index < -0.39 is 0 Å². The highest BCUT2D eigenvalue weighted by atomic mass is 32.2. The van der Waals surface area contributed by atoms with Crippen LogP contribution in [0.5, 0.6) is 0 Å². The van der Waals surface area contributed by atoms with Crippen LogP contribution in [0.2, 0.25) is 0 Å². The van der Waals surface area contributed by atoms with E-state index in [0.717, 1.165) is 24.5 Å². The lowest BCUT2D eigenvalue weighted by molar-refractivity contribution is -0.0901. The normalized spacial score (nSPS) is 40.4. The molecule has 0 amide bonds. The molecule has 0 bridgehead atoms. The summed E-state index contributed by atoms with van der Waals surface area (Å²) in [6.45, 7) is 0.996. The number of hydrogen-bond acceptors (Lipinski definition) is 3. The molecule has 0 radical (unpaired) electrons. The molecule has 0 aromatic heterocycles. The summed E-state index contributed by atoms with van der Waals surface area (Å²) in [5.74, 6) is 4.36. The predicted molar refractivity (Wildman–Crippen MR) is 73.5 cm³/mol. The van der Waals surface area contributed by atoms with Crippen LogP contribution in [0.15, 0.2) is 0 Å². The smallest absolute Gasteiger partial charge is 0.0783 e. The van der Waals surface area contributed by atoms with Gasteiger partial charge in [0.2, 0.25) is 0 Å². The predicted octanol–water partition coefficient (Wildman–Crippen LogP) is 2.68. The summed E-state index contributed by atoms with van der Waals surface area (Å²) < 4.78 is 6.13. The lowest BCUT2D eigenvalue weighted by Gasteiger charge is -2.45. The standard InChI is InChI=1S/C14H25NOS/c1-15-13(11-3-2-4-11)12-5-7-16-14(9-12)6-8-17-10-14/h11-13,15H,2-10H2,1H3. The lowest BCUT2D eigenvalue weighted by atomic mass is 9.70. The molecule has 3 fully saturated rings. The molecule has 3 rings (SSSR count). The van der Waals surface area contributed by atoms with E-state index in [1.807, 2.05) is 0 Å². The van der Waals surface area contributed by atoms with Crippen LogP contribution in [0.25, 0.3) is 0 Å². The van der Waals surface area contributed by atoms with Gasteiger partial charge in [-0.05, 0) is 56.7 Å². The highest BCUT2D eigenvalue weighted by Crippen LogP contribution is 2.44. The summed E-state index contributed by atoms with van der Waals surface area (Å²) in [6, 6.07) is 0.759. The Labute approximate surface area is 109 Å². The molecule has 98 valence electrons. The van der Waals surface area contributed by atoms with Crippen LogP contribution >= 0.6 is 11.8 Å². The molecule has 2 nitrogen and oxygen atoms in total. The summed E-state index contributed by atoms with van der Waals surface area (Å²) in [7, 11) is 2.16. The fourth-order valence-electron chi connectivity index (χ4n) is 3.89. The first-order valence-electron chi connectivity index (χ1n) is 7.22. The van der Waals surface area contributed by atoms with Crippen molar-refractivity contribution in [3.05, 3.63) is 0 Å². The number of ether oxygens (including phenoxy) is 1. The SMILES string of the molecule is CNC(C1CCC1)C1CCOC2(CCSC2)C1. The zero-order valence-electron chi connectivity index (χ0n) is 10.9. The van der Waals surface area contributed by atoms with Gasteiger partial charge in [0.15, 0.2) is 0 Å². The van der Waals surface area contributed by atoms with Crippen LogP contribution in [0.4, 0.5) is 0 Å². The van der Waals surface area contributed by atoms with E-state index in [4.69, 9.17) is 4.74 Å². The van der Waals surface area contributed by atoms with Crippen molar-refractivity contribution in [2.45, 2.75) is 50.2 Å². The van der Waals surface area contributed by atoms with Gasteiger partial charge in [-0.2, -0.15) is 11.8 Å². The molecule has 1 N–H and O–H groups in total. The molecule has 3 atom stereocenters. The Hall–Kier alpha value is 0.270. The van der Waals surface area contributed by atoms with Crippen LogP contribution in [-0.4, -0.2) is 36.8 Å². The Morgan fingerprint density at radius 2 is 2.18 bits per heavy atom. The van der Waals surface area contributed by atoms with Crippen molar-refractivity contribution in [1.82, 2.24) is 5.32 Å². The highest BCUT2D eigenvalue weighted by Gasteiger charge is 2.44. The summed E-state index contributed by atoms with van der Waals surface area (Å²) in [6.07, 6.45) is 8.22. The van der Waals surface area contributed by atoms with E-state index in [2.05, 4.69) is 24.1 Å². The number of hydrogen-bond donors (Lipinski definition) is 1. The molecular weight excluding hydrogens is 230 g/mol. The van der Waals surface area contributed by atoms with Crippen molar-refractivity contribution < 1.29 is 4.74 Å². The number of thioether (sulfide) groups is 1. The van der Waals surface area contributed by atoms with Crippen molar-refractivity contribution in [2.75, 3.05) is 25.2 Å². The van der Waals surface area contributed by atoms with Crippen LogP contribution in [0, 0.1) is 11.8 Å². The first-order chi connectivity index (χ1) is 8.33. The van der Waals surface area contributed by atoms with Gasteiger partial charge in [0.25, 0.3) is 0 Å². The Kier molecular flexibility index (Phi) is 3.69. The van der Waals surface area contributed by atoms with Gasteiger partial charge in [0, 0.05) is 18.4 Å². The third kappa shape index (κ3) is 2.39. The van der Waals surface area contributed by atoms with Crippen LogP contribution < -0.4 is 5.32 Å². The molecule has 3 aliphatic rings. The van der Waals surface area contributed by atoms with E-state index in [9.17, 15) is 0 Å². The summed E-state index contributed by atoms with van der Waals surface area (Å²) >= 11 is 2.08. The Morgan fingerprint density at radius 1 is 1.29 bits per heavy atom. The maximum atomic E-state index is 6.13. The summed E-state index contributed by atoms with van der Waals surface area (Å²) in [5.41, 5.74) is 0.256. The van der Waals surface area contributed by atoms with Gasteiger partial charge in [0.05, 0.1) is 5.60 Å². The maximum absolute atomic E-state index is 6.13. The van der Waals surface area contributed by atoms with Crippen LogP contribution in [0.3, 0.4) is 0 Å². The molecule has 1 aliphatic carbocycles. The zero-order valence-corrected chi connectivity index (χ0v) is 11.7. The minimum Gasteiger partial charge on any atom is -0.374 e. The fourth-order valence-corrected chi connectivity index (χ4v) is 5.27. The first-order valence-corrected chi connectivity index (χ1v) is 8.37. The van der Waals surface area contributed by atoms with Gasteiger partial charge in [0.1, 0.15) is 0 Å². The average molecular weight is 255 g/mol. The molecule has 1 spiro atoms. The van der Waals surface area contributed by atoms with Crippen LogP contribution in [-0.2, 0) is 4.74 Å². The minimum atomic E-state index is 0.256. The Bertz CT molecular complexity index is 261. The molecule has 17 heavy (non-hydrogen) atoms. The molecule has 3 heteroatoms. The van der Waals surface area contributed by atoms with Crippen molar-refractivity contribution in [3.8, 4) is 0 Å². The van der Waals surface area contributed by atoms with E-state index >= 15 is 0 Å². The quantitative estimate of drug-likeness (QED) is 0.838. The van der Waals surface area contributed by atoms with Crippen molar-refractivity contribution in [3.63, 3.8) is 0 Å². The minimum absolute atomic E-state index is 0.256. The number of rotatable bonds is 3. The molecule has 3 unspecified atom stereocenters. The first kappa shape index (κ1) is 12.3. The monoisotopic (exact) mass is 255 g/mol. The molecule has 0 aromatic carbocycles. The average Bonchev–Trinajstić information content (AvgIpc) is 2.71. The molecule has 2 aliphatic heterocycles. The molecule has 2 saturated heterocycles. The largest absolute Gasteiger partial charge is 0.374 e. The van der Waals surface area contributed by atoms with E-state index in [-0.39, 0.29) is 5.60 Å². The number of nitrogens with one attached hydrogen (secondary N) is 1. The van der Waals surface area contributed by atoms with Gasteiger partial charge in [-0.25, -0.2) is 0 Å². The topological polar surface area (TPSA) is 21.3 Å². The van der Waals surface area contributed by atoms with Crippen molar-refractivity contribution in [2.24, 2.45) is 11.8 Å². The Balaban J connectivity index is 1.65. The second-order valence-electron chi connectivity index (χ2n) is 6.09. The van der Waals surface area contributed by atoms with Gasteiger partial charge in [-0.15, -0.1) is 0 Å². The van der Waals surface area contributed by atoms with Crippen LogP contribution in [0.1, 0.15) is 38.5 Å². The maximum Gasteiger partial charge on any atom is 0.0783 e. The third-order valence-corrected chi connectivity index (χ3v) is 6.32. The fraction of sp³-hybridized carbons (Fsp3) is 1.00. The zero-order chi connectivity index (χ0) is 11.7. The van der Waals surface area contributed by atoms with Gasteiger partial charge >= 0.3 is 0 Å². The van der Waals surface area contributed by atoms with Crippen molar-refractivity contribution in [1.29, 1.82) is 0 Å². The van der Waals surface area contributed by atoms with Gasteiger partial charge < -0.3 is 10.1 Å². The summed E-state index contributed by atoms with van der Waals surface area (Å²) in [5, 5.41) is 3.62. The Morgan fingerprint density at radius 3 is 2.76 bits per heavy atom. The van der Waals surface area contributed by atoms with Crippen molar-refractivity contribution >= 4 is 11.8 Å². The molecule has 0 aromatic rings. The molecule has 1 saturated carbocycles. The molecule has 2 heterocycles. The highest BCUT2D eigenvalue weighted by molar-refractivity contribution is 7.99. The third-order valence-electron chi connectivity index (χ3n) is 5.10. The van der Waals surface area contributed by atoms with Gasteiger partial charge in [-0.3, -0.25) is 0 Å². The second-order valence-corrected chi connectivity index (χ2v) is 7.20. The van der Waals surface area contributed by atoms with E-state index in [1.165, 1.54) is 50.0 Å². The molecular formula is C14H25NOS. The van der Waals surface area contributed by atoms with E-state index in [0.29, 0.717) is 0 Å².